The van der Waals surface area contributed by atoms with Crippen LogP contribution < -0.4 is 5.73 Å². The minimum atomic E-state index is -0.242. The van der Waals surface area contributed by atoms with Crippen molar-refractivity contribution < 1.29 is 9.63 Å². The summed E-state index contributed by atoms with van der Waals surface area (Å²) in [6, 6.07) is 3.01. The number of nitrogens with zero attached hydrogens (tertiary/aromatic N) is 1. The predicted molar refractivity (Wildman–Crippen MR) is 67.1 cm³/mol. The van der Waals surface area contributed by atoms with Gasteiger partial charge in [0.15, 0.2) is 0 Å². The number of halogens is 2. The maximum Gasteiger partial charge on any atom is 0.277 e. The van der Waals surface area contributed by atoms with E-state index in [0.29, 0.717) is 18.7 Å². The minimum Gasteiger partial charge on any atom is -0.396 e. The fourth-order valence-electron chi connectivity index (χ4n) is 1.61. The van der Waals surface area contributed by atoms with E-state index in [2.05, 4.69) is 0 Å². The van der Waals surface area contributed by atoms with Gasteiger partial charge in [0.05, 0.1) is 22.3 Å². The zero-order valence-corrected chi connectivity index (χ0v) is 10.6. The van der Waals surface area contributed by atoms with Crippen LogP contribution >= 0.6 is 23.2 Å². The first-order chi connectivity index (χ1) is 8.09. The maximum absolute atomic E-state index is 12.1. The Labute approximate surface area is 109 Å². The molecule has 0 atom stereocenters. The number of carbonyl (C=O) groups excluding carboxylic acids is 1. The molecule has 1 amide bonds. The second kappa shape index (κ2) is 5.12. The summed E-state index contributed by atoms with van der Waals surface area (Å²) in [5.41, 5.74) is 6.28. The van der Waals surface area contributed by atoms with Crippen molar-refractivity contribution in [3.8, 4) is 0 Å². The van der Waals surface area contributed by atoms with Crippen molar-refractivity contribution in [2.45, 2.75) is 12.8 Å². The molecule has 4 nitrogen and oxygen atoms in total. The second-order valence-electron chi connectivity index (χ2n) is 3.80. The van der Waals surface area contributed by atoms with Crippen LogP contribution in [0.15, 0.2) is 12.1 Å². The smallest absolute Gasteiger partial charge is 0.277 e. The monoisotopic (exact) mass is 274 g/mol. The molecule has 0 bridgehead atoms. The molecule has 1 aromatic carbocycles. The number of nitrogens with two attached hydrogens (primary N) is 1. The van der Waals surface area contributed by atoms with Gasteiger partial charge < -0.3 is 5.73 Å². The molecule has 0 aliphatic carbocycles. The van der Waals surface area contributed by atoms with Gasteiger partial charge in [0.1, 0.15) is 0 Å². The summed E-state index contributed by atoms with van der Waals surface area (Å²) in [5.74, 6) is -0.242. The maximum atomic E-state index is 12.1. The highest BCUT2D eigenvalue weighted by atomic mass is 35.5. The van der Waals surface area contributed by atoms with Gasteiger partial charge in [-0.3, -0.25) is 9.63 Å². The largest absolute Gasteiger partial charge is 0.396 e. The fourth-order valence-corrected chi connectivity index (χ4v) is 2.10. The first-order valence-electron chi connectivity index (χ1n) is 5.29. The molecule has 1 aliphatic rings. The number of anilines is 1. The average Bonchev–Trinajstić information content (AvgIpc) is 2.35. The SMILES string of the molecule is Nc1c(Cl)cc(C(=O)N2CCCCO2)cc1Cl. The molecule has 1 fully saturated rings. The van der Waals surface area contributed by atoms with E-state index in [1.165, 1.54) is 17.2 Å². The van der Waals surface area contributed by atoms with Crippen LogP contribution in [0.2, 0.25) is 10.0 Å². The molecule has 1 aliphatic heterocycles. The highest BCUT2D eigenvalue weighted by Crippen LogP contribution is 2.29. The Balaban J connectivity index is 2.24. The molecule has 0 unspecified atom stereocenters. The quantitative estimate of drug-likeness (QED) is 0.802. The lowest BCUT2D eigenvalue weighted by molar-refractivity contribution is -0.144. The number of carbonyl (C=O) groups is 1. The number of hydrogen-bond acceptors (Lipinski definition) is 3. The molecule has 0 aromatic heterocycles. The molecule has 1 aromatic rings. The highest BCUT2D eigenvalue weighted by Gasteiger charge is 2.20. The van der Waals surface area contributed by atoms with Gasteiger partial charge in [-0.25, -0.2) is 5.06 Å². The van der Waals surface area contributed by atoms with Crippen molar-refractivity contribution in [3.63, 3.8) is 0 Å². The van der Waals surface area contributed by atoms with Gasteiger partial charge >= 0.3 is 0 Å². The van der Waals surface area contributed by atoms with Crippen molar-refractivity contribution >= 4 is 34.8 Å². The molecule has 1 heterocycles. The molecule has 0 spiro atoms. The third kappa shape index (κ3) is 2.65. The summed E-state index contributed by atoms with van der Waals surface area (Å²) in [7, 11) is 0. The third-order valence-corrected chi connectivity index (χ3v) is 3.18. The average molecular weight is 275 g/mol. The van der Waals surface area contributed by atoms with Crippen LogP contribution in [0, 0.1) is 0 Å². The Morgan fingerprint density at radius 1 is 1.29 bits per heavy atom. The number of hydroxylamine groups is 2. The predicted octanol–water partition coefficient (Wildman–Crippen LogP) is 2.74. The van der Waals surface area contributed by atoms with Crippen molar-refractivity contribution in [2.24, 2.45) is 0 Å². The molecule has 92 valence electrons. The molecule has 2 N–H and O–H groups in total. The summed E-state index contributed by atoms with van der Waals surface area (Å²) >= 11 is 11.8. The normalized spacial score (nSPS) is 16.0. The standard InChI is InChI=1S/C11H12Cl2N2O2/c12-8-5-7(6-9(13)10(8)14)11(16)15-3-1-2-4-17-15/h5-6H,1-4,14H2. The van der Waals surface area contributed by atoms with Gasteiger partial charge in [0, 0.05) is 12.1 Å². The van der Waals surface area contributed by atoms with Crippen LogP contribution in [0.1, 0.15) is 23.2 Å². The second-order valence-corrected chi connectivity index (χ2v) is 4.62. The molecular formula is C11H12Cl2N2O2. The van der Waals surface area contributed by atoms with Gasteiger partial charge in [-0.15, -0.1) is 0 Å². The van der Waals surface area contributed by atoms with E-state index >= 15 is 0 Å². The Bertz CT molecular complexity index is 422. The number of hydrogen-bond donors (Lipinski definition) is 1. The molecular weight excluding hydrogens is 263 g/mol. The molecule has 6 heteroatoms. The van der Waals surface area contributed by atoms with Crippen molar-refractivity contribution in [3.05, 3.63) is 27.7 Å². The van der Waals surface area contributed by atoms with Gasteiger partial charge in [0.2, 0.25) is 0 Å². The zero-order valence-electron chi connectivity index (χ0n) is 9.08. The van der Waals surface area contributed by atoms with E-state index in [1.54, 1.807) is 0 Å². The van der Waals surface area contributed by atoms with Crippen LogP contribution in [0.4, 0.5) is 5.69 Å². The van der Waals surface area contributed by atoms with E-state index in [1.807, 2.05) is 0 Å². The molecule has 0 radical (unpaired) electrons. The van der Waals surface area contributed by atoms with Crippen molar-refractivity contribution in [1.29, 1.82) is 0 Å². The summed E-state index contributed by atoms with van der Waals surface area (Å²) in [6.07, 6.45) is 1.90. The van der Waals surface area contributed by atoms with Crippen LogP contribution in [0.3, 0.4) is 0 Å². The van der Waals surface area contributed by atoms with Gasteiger partial charge in [-0.2, -0.15) is 0 Å². The van der Waals surface area contributed by atoms with Gasteiger partial charge in [-0.05, 0) is 25.0 Å². The molecule has 2 rings (SSSR count). The van der Waals surface area contributed by atoms with Gasteiger partial charge in [0.25, 0.3) is 5.91 Å². The van der Waals surface area contributed by atoms with E-state index < -0.39 is 0 Å². The summed E-state index contributed by atoms with van der Waals surface area (Å²) in [6.45, 7) is 1.14. The zero-order chi connectivity index (χ0) is 12.4. The lowest BCUT2D eigenvalue weighted by Crippen LogP contribution is -2.35. The number of rotatable bonds is 1. The Morgan fingerprint density at radius 2 is 1.94 bits per heavy atom. The lowest BCUT2D eigenvalue weighted by atomic mass is 10.2. The summed E-state index contributed by atoms with van der Waals surface area (Å²) in [4.78, 5) is 17.3. The molecule has 0 saturated carbocycles. The first kappa shape index (κ1) is 12.5. The Kier molecular flexibility index (Phi) is 3.76. The van der Waals surface area contributed by atoms with E-state index in [0.717, 1.165) is 12.8 Å². The van der Waals surface area contributed by atoms with Crippen LogP contribution in [-0.4, -0.2) is 24.1 Å². The van der Waals surface area contributed by atoms with Crippen molar-refractivity contribution in [1.82, 2.24) is 5.06 Å². The molecule has 17 heavy (non-hydrogen) atoms. The topological polar surface area (TPSA) is 55.6 Å². The fraction of sp³-hybridized carbons (Fsp3) is 0.364. The first-order valence-corrected chi connectivity index (χ1v) is 6.04. The lowest BCUT2D eigenvalue weighted by Gasteiger charge is -2.26. The highest BCUT2D eigenvalue weighted by molar-refractivity contribution is 6.39. The van der Waals surface area contributed by atoms with E-state index in [9.17, 15) is 4.79 Å². The summed E-state index contributed by atoms with van der Waals surface area (Å²) < 4.78 is 0. The Morgan fingerprint density at radius 3 is 2.47 bits per heavy atom. The number of benzene rings is 1. The van der Waals surface area contributed by atoms with Gasteiger partial charge in [-0.1, -0.05) is 23.2 Å². The molecule has 1 saturated heterocycles. The Hall–Kier alpha value is -0.970. The number of nitrogen functional groups attached to an aromatic ring is 1. The van der Waals surface area contributed by atoms with Crippen molar-refractivity contribution in [2.75, 3.05) is 18.9 Å². The third-order valence-electron chi connectivity index (χ3n) is 2.56. The van der Waals surface area contributed by atoms with Crippen LogP contribution in [0.25, 0.3) is 0 Å². The summed E-state index contributed by atoms with van der Waals surface area (Å²) in [5, 5.41) is 1.89. The minimum absolute atomic E-state index is 0.242. The van der Waals surface area contributed by atoms with E-state index in [4.69, 9.17) is 33.8 Å². The van der Waals surface area contributed by atoms with E-state index in [-0.39, 0.29) is 21.6 Å². The van der Waals surface area contributed by atoms with Crippen LogP contribution in [0.5, 0.6) is 0 Å². The number of amides is 1. The van der Waals surface area contributed by atoms with Crippen LogP contribution in [-0.2, 0) is 4.84 Å².